The molecule has 0 aliphatic heterocycles. The molecule has 39 heavy (non-hydrogen) atoms. The van der Waals surface area contributed by atoms with E-state index in [0.717, 1.165) is 25.7 Å². The van der Waals surface area contributed by atoms with E-state index in [9.17, 15) is 44.4 Å². The van der Waals surface area contributed by atoms with Gasteiger partial charge in [0.2, 0.25) is 5.78 Å². The molecule has 0 unspecified atom stereocenters. The van der Waals surface area contributed by atoms with Gasteiger partial charge in [0.25, 0.3) is 5.91 Å². The summed E-state index contributed by atoms with van der Waals surface area (Å²) >= 11 is 0. The van der Waals surface area contributed by atoms with Crippen LogP contribution in [0.1, 0.15) is 67.3 Å². The number of Topliss-reactive ketones (excluding diaryl/α,β-unsaturated/α-hetero) is 4. The van der Waals surface area contributed by atoms with Crippen molar-refractivity contribution in [1.82, 2.24) is 0 Å². The molecule has 0 spiro atoms. The normalized spacial score (nSPS) is 29.5. The summed E-state index contributed by atoms with van der Waals surface area (Å²) in [5, 5.41) is 44.5. The van der Waals surface area contributed by atoms with Gasteiger partial charge in [-0.1, -0.05) is 25.7 Å². The van der Waals surface area contributed by atoms with Gasteiger partial charge in [-0.3, -0.25) is 24.0 Å². The molecule has 0 radical (unpaired) electrons. The van der Waals surface area contributed by atoms with Crippen molar-refractivity contribution in [3.63, 3.8) is 0 Å². The minimum absolute atomic E-state index is 0.141. The molecule has 0 heterocycles. The van der Waals surface area contributed by atoms with Crippen molar-refractivity contribution in [2.24, 2.45) is 29.4 Å². The third-order valence-electron chi connectivity index (χ3n) is 8.91. The highest BCUT2D eigenvalue weighted by Crippen LogP contribution is 2.56. The molecule has 0 aromatic heterocycles. The number of aliphatic hydroxyl groups excluding tert-OH is 2. The fraction of sp³-hybridized carbons (Fsp3) is 0.464. The molecule has 5 rings (SSSR count). The number of aromatic hydroxyl groups is 1. The Hall–Kier alpha value is -3.99. The maximum Gasteiger partial charge on any atom is 0.255 e. The molecule has 0 bridgehead atoms. The molecule has 4 aliphatic rings. The van der Waals surface area contributed by atoms with Crippen LogP contribution in [-0.4, -0.2) is 55.1 Å². The van der Waals surface area contributed by atoms with Gasteiger partial charge in [-0.05, 0) is 30.9 Å². The summed E-state index contributed by atoms with van der Waals surface area (Å²) in [5.41, 5.74) is 5.78. The van der Waals surface area contributed by atoms with E-state index in [-0.39, 0.29) is 29.4 Å². The van der Waals surface area contributed by atoms with Crippen LogP contribution in [0.3, 0.4) is 0 Å². The summed E-state index contributed by atoms with van der Waals surface area (Å²) in [5.74, 6) is -11.7. The first kappa shape index (κ1) is 26.6. The predicted molar refractivity (Wildman–Crippen MR) is 136 cm³/mol. The second-order valence-electron chi connectivity index (χ2n) is 11.0. The second-order valence-corrected chi connectivity index (χ2v) is 11.0. The highest BCUT2D eigenvalue weighted by atomic mass is 16.3. The number of nitrogen functional groups attached to an aromatic ring is 1. The van der Waals surface area contributed by atoms with Gasteiger partial charge in [0.05, 0.1) is 22.7 Å². The summed E-state index contributed by atoms with van der Waals surface area (Å²) in [6.45, 7) is 0. The van der Waals surface area contributed by atoms with E-state index in [0.29, 0.717) is 12.8 Å². The lowest BCUT2D eigenvalue weighted by Crippen LogP contribution is -2.62. The zero-order chi connectivity index (χ0) is 28.4. The van der Waals surface area contributed by atoms with Crippen LogP contribution >= 0.6 is 0 Å². The van der Waals surface area contributed by atoms with Crippen LogP contribution in [0, 0.1) is 23.7 Å². The smallest absolute Gasteiger partial charge is 0.255 e. The van der Waals surface area contributed by atoms with Crippen LogP contribution < -0.4 is 11.5 Å². The van der Waals surface area contributed by atoms with Gasteiger partial charge in [-0.2, -0.15) is 0 Å². The number of ketones is 4. The maximum atomic E-state index is 13.9. The number of amides is 1. The molecule has 1 amide bonds. The fourth-order valence-corrected chi connectivity index (χ4v) is 6.93. The Labute approximate surface area is 223 Å². The van der Waals surface area contributed by atoms with Crippen molar-refractivity contribution >= 4 is 40.5 Å². The first-order chi connectivity index (χ1) is 18.4. The van der Waals surface area contributed by atoms with Crippen LogP contribution in [0.2, 0.25) is 0 Å². The van der Waals surface area contributed by atoms with E-state index in [4.69, 9.17) is 11.5 Å². The number of anilines is 1. The van der Waals surface area contributed by atoms with Crippen molar-refractivity contribution in [3.8, 4) is 5.75 Å². The van der Waals surface area contributed by atoms with Crippen molar-refractivity contribution in [3.05, 3.63) is 40.2 Å². The van der Waals surface area contributed by atoms with Crippen LogP contribution in [0.4, 0.5) is 5.69 Å². The molecule has 1 aromatic carbocycles. The van der Waals surface area contributed by atoms with E-state index in [1.165, 1.54) is 12.1 Å². The van der Waals surface area contributed by atoms with Crippen molar-refractivity contribution in [2.75, 3.05) is 5.73 Å². The van der Waals surface area contributed by atoms with Gasteiger partial charge in [-0.15, -0.1) is 0 Å². The average Bonchev–Trinajstić information content (AvgIpc) is 3.17. The number of carbonyl (C=O) groups excluding carboxylic acids is 5. The first-order valence-corrected chi connectivity index (χ1v) is 13.1. The minimum Gasteiger partial charge on any atom is -0.508 e. The fourth-order valence-electron chi connectivity index (χ4n) is 6.93. The molecule has 11 nitrogen and oxygen atoms in total. The topological polar surface area (TPSA) is 218 Å². The third kappa shape index (κ3) is 3.78. The number of fused-ring (bicyclic) bond motifs is 3. The molecular formula is C28H30N2O9. The number of carbonyl (C=O) groups is 5. The van der Waals surface area contributed by atoms with Gasteiger partial charge < -0.3 is 31.9 Å². The molecule has 4 aliphatic carbocycles. The molecule has 2 saturated carbocycles. The molecule has 206 valence electrons. The Morgan fingerprint density at radius 1 is 1.00 bits per heavy atom. The Balaban J connectivity index is 1.72. The van der Waals surface area contributed by atoms with Gasteiger partial charge in [0.1, 0.15) is 28.6 Å². The molecular weight excluding hydrogens is 508 g/mol. The number of benzene rings is 1. The molecule has 4 atom stereocenters. The van der Waals surface area contributed by atoms with Crippen LogP contribution in [-0.2, 0) is 19.2 Å². The standard InChI is InChI=1S/C28H30N2O9/c29-15-8-7-12-19(23(15)34)24(35)21-18(22(12)33)13(9-16(31)11-5-3-1-2-4-6-11)14-10-17(32)20(27(30)38)25(36)28(14,39)26(21)37/h7-8,11,13-14,18,34-36,39H,1-6,9-10,29H2,(H2,30,38)/t13-,14-,18+,28-/m1/s1. The summed E-state index contributed by atoms with van der Waals surface area (Å²) in [4.78, 5) is 66.2. The largest absolute Gasteiger partial charge is 0.508 e. The van der Waals surface area contributed by atoms with Gasteiger partial charge in [0, 0.05) is 30.2 Å². The Morgan fingerprint density at radius 3 is 2.26 bits per heavy atom. The highest BCUT2D eigenvalue weighted by Gasteiger charge is 2.65. The Morgan fingerprint density at radius 2 is 1.64 bits per heavy atom. The number of aliphatic hydroxyl groups is 3. The summed E-state index contributed by atoms with van der Waals surface area (Å²) in [7, 11) is 0. The number of hydrogen-bond acceptors (Lipinski definition) is 10. The zero-order valence-electron chi connectivity index (χ0n) is 21.1. The first-order valence-electron chi connectivity index (χ1n) is 13.1. The Kier molecular flexibility index (Phi) is 6.37. The Bertz CT molecular complexity index is 1400. The van der Waals surface area contributed by atoms with Crippen LogP contribution in [0.5, 0.6) is 5.75 Å². The molecule has 1 aromatic rings. The number of phenols is 1. The summed E-state index contributed by atoms with van der Waals surface area (Å²) in [6.07, 6.45) is 3.98. The van der Waals surface area contributed by atoms with Crippen molar-refractivity contribution < 1.29 is 44.4 Å². The zero-order valence-corrected chi connectivity index (χ0v) is 21.1. The number of phenolic OH excluding ortho intramolecular Hbond substituents is 1. The molecule has 11 heteroatoms. The monoisotopic (exact) mass is 538 g/mol. The van der Waals surface area contributed by atoms with E-state index in [2.05, 4.69) is 0 Å². The van der Waals surface area contributed by atoms with E-state index >= 15 is 0 Å². The summed E-state index contributed by atoms with van der Waals surface area (Å²) in [6, 6.07) is 2.54. The summed E-state index contributed by atoms with van der Waals surface area (Å²) < 4.78 is 0. The van der Waals surface area contributed by atoms with Crippen LogP contribution in [0.25, 0.3) is 5.76 Å². The maximum absolute atomic E-state index is 13.9. The number of nitrogens with two attached hydrogens (primary N) is 2. The van der Waals surface area contributed by atoms with E-state index < -0.39 is 87.0 Å². The van der Waals surface area contributed by atoms with Gasteiger partial charge >= 0.3 is 0 Å². The molecule has 8 N–H and O–H groups in total. The SMILES string of the molecule is NC(=O)C1=C(O)[C@@]2(O)C(=O)C3=C(O)c4c(ccc(N)c4O)C(=O)[C@H]3[C@H](CC(=O)C3CCCCCC3)[C@H]2CC1=O. The van der Waals surface area contributed by atoms with Crippen LogP contribution in [0.15, 0.2) is 29.0 Å². The second kappa shape index (κ2) is 9.33. The van der Waals surface area contributed by atoms with Gasteiger partial charge in [-0.25, -0.2) is 0 Å². The molecule has 2 fully saturated rings. The number of rotatable bonds is 4. The van der Waals surface area contributed by atoms with E-state index in [1.54, 1.807) is 0 Å². The molecule has 0 saturated heterocycles. The number of primary amides is 1. The van der Waals surface area contributed by atoms with Crippen molar-refractivity contribution in [1.29, 1.82) is 0 Å². The quantitative estimate of drug-likeness (QED) is 0.141. The minimum atomic E-state index is -2.92. The lowest BCUT2D eigenvalue weighted by molar-refractivity contribution is -0.154. The highest BCUT2D eigenvalue weighted by molar-refractivity contribution is 6.25. The average molecular weight is 539 g/mol. The predicted octanol–water partition coefficient (Wildman–Crippen LogP) is 1.80. The van der Waals surface area contributed by atoms with Crippen molar-refractivity contribution in [2.45, 2.75) is 57.0 Å². The number of hydrogen-bond donors (Lipinski definition) is 6. The lowest BCUT2D eigenvalue weighted by Gasteiger charge is -2.50. The lowest BCUT2D eigenvalue weighted by atomic mass is 9.53. The van der Waals surface area contributed by atoms with Gasteiger partial charge in [0.15, 0.2) is 17.2 Å². The van der Waals surface area contributed by atoms with E-state index in [1.807, 2.05) is 0 Å². The third-order valence-corrected chi connectivity index (χ3v) is 8.91.